The summed E-state index contributed by atoms with van der Waals surface area (Å²) in [6.45, 7) is 4.09. The van der Waals surface area contributed by atoms with Gasteiger partial charge in [0.1, 0.15) is 11.6 Å². The maximum atomic E-state index is 13.5. The van der Waals surface area contributed by atoms with Crippen LogP contribution in [-0.2, 0) is 0 Å². The molecule has 19 heavy (non-hydrogen) atoms. The molecule has 1 aromatic carbocycles. The molecule has 0 aromatic heterocycles. The molecule has 2 rings (SSSR count). The summed E-state index contributed by atoms with van der Waals surface area (Å²) in [5.74, 6) is -1.43. The number of halogens is 2. The highest BCUT2D eigenvalue weighted by Gasteiger charge is 2.28. The van der Waals surface area contributed by atoms with Crippen LogP contribution < -0.4 is 10.6 Å². The summed E-state index contributed by atoms with van der Waals surface area (Å²) in [6.07, 6.45) is 0.829. The van der Waals surface area contributed by atoms with Crippen molar-refractivity contribution < 1.29 is 13.6 Å². The van der Waals surface area contributed by atoms with Gasteiger partial charge in [0.05, 0.1) is 11.7 Å². The fourth-order valence-corrected chi connectivity index (χ4v) is 1.96. The number of anilines is 1. The molecule has 0 radical (unpaired) electrons. The second kappa shape index (κ2) is 5.97. The average Bonchev–Trinajstić information content (AvgIpc) is 2.30. The molecule has 0 saturated carbocycles. The van der Waals surface area contributed by atoms with Crippen molar-refractivity contribution in [3.63, 3.8) is 0 Å². The maximum Gasteiger partial charge on any atom is 0.322 e. The van der Waals surface area contributed by atoms with Crippen LogP contribution in [0, 0.1) is 11.6 Å². The fourth-order valence-electron chi connectivity index (χ4n) is 1.96. The number of hydrogen-bond acceptors (Lipinski definition) is 2. The van der Waals surface area contributed by atoms with Gasteiger partial charge in [-0.05, 0) is 18.6 Å². The van der Waals surface area contributed by atoms with E-state index in [0.29, 0.717) is 6.54 Å². The zero-order chi connectivity index (χ0) is 13.8. The lowest BCUT2D eigenvalue weighted by atomic mass is 10.1. The number of carbonyl (C=O) groups excluding carboxylic acids is 1. The lowest BCUT2D eigenvalue weighted by Gasteiger charge is -2.38. The Morgan fingerprint density at radius 1 is 1.47 bits per heavy atom. The Hall–Kier alpha value is -1.69. The van der Waals surface area contributed by atoms with Crippen molar-refractivity contribution >= 4 is 11.7 Å². The molecule has 0 atom stereocenters. The Morgan fingerprint density at radius 3 is 2.74 bits per heavy atom. The zero-order valence-corrected chi connectivity index (χ0v) is 10.7. The molecule has 1 aliphatic rings. The van der Waals surface area contributed by atoms with Gasteiger partial charge in [-0.2, -0.15) is 0 Å². The molecule has 0 bridgehead atoms. The van der Waals surface area contributed by atoms with Gasteiger partial charge in [0.25, 0.3) is 0 Å². The van der Waals surface area contributed by atoms with Crippen molar-refractivity contribution in [2.24, 2.45) is 0 Å². The Bertz CT molecular complexity index is 463. The number of carbonyl (C=O) groups is 1. The first-order valence-electron chi connectivity index (χ1n) is 6.35. The second-order valence-corrected chi connectivity index (χ2v) is 4.56. The van der Waals surface area contributed by atoms with Gasteiger partial charge in [0.2, 0.25) is 0 Å². The molecule has 0 spiro atoms. The monoisotopic (exact) mass is 269 g/mol. The van der Waals surface area contributed by atoms with Crippen LogP contribution in [0.25, 0.3) is 0 Å². The van der Waals surface area contributed by atoms with E-state index in [0.717, 1.165) is 31.6 Å². The number of nitrogens with one attached hydrogen (secondary N) is 2. The van der Waals surface area contributed by atoms with Gasteiger partial charge in [-0.15, -0.1) is 0 Å². The summed E-state index contributed by atoms with van der Waals surface area (Å²) in [5.41, 5.74) is -0.000198. The van der Waals surface area contributed by atoms with Crippen molar-refractivity contribution in [3.05, 3.63) is 29.8 Å². The molecule has 1 heterocycles. The zero-order valence-electron chi connectivity index (χ0n) is 10.7. The normalized spacial score (nSPS) is 14.9. The molecule has 0 unspecified atom stereocenters. The molecule has 2 amide bonds. The number of rotatable bonds is 4. The van der Waals surface area contributed by atoms with Gasteiger partial charge in [0.15, 0.2) is 0 Å². The van der Waals surface area contributed by atoms with Gasteiger partial charge < -0.3 is 15.5 Å². The smallest absolute Gasteiger partial charge is 0.319 e. The predicted octanol–water partition coefficient (Wildman–Crippen LogP) is 2.18. The molecular weight excluding hydrogens is 252 g/mol. The molecule has 1 aliphatic heterocycles. The van der Waals surface area contributed by atoms with E-state index in [1.54, 1.807) is 4.90 Å². The van der Waals surface area contributed by atoms with Gasteiger partial charge in [-0.25, -0.2) is 13.6 Å². The number of amides is 2. The number of hydrogen-bond donors (Lipinski definition) is 2. The minimum Gasteiger partial charge on any atom is -0.319 e. The molecule has 1 saturated heterocycles. The van der Waals surface area contributed by atoms with E-state index in [1.807, 2.05) is 6.92 Å². The van der Waals surface area contributed by atoms with Crippen LogP contribution in [0.1, 0.15) is 13.3 Å². The number of benzene rings is 1. The number of nitrogens with zero attached hydrogens (tertiary/aromatic N) is 1. The molecule has 1 fully saturated rings. The molecule has 6 heteroatoms. The predicted molar refractivity (Wildman–Crippen MR) is 69.0 cm³/mol. The van der Waals surface area contributed by atoms with Crippen LogP contribution in [-0.4, -0.2) is 36.6 Å². The third kappa shape index (κ3) is 3.20. The van der Waals surface area contributed by atoms with E-state index >= 15 is 0 Å². The summed E-state index contributed by atoms with van der Waals surface area (Å²) >= 11 is 0. The fraction of sp³-hybridized carbons (Fsp3) is 0.462. The van der Waals surface area contributed by atoms with Gasteiger partial charge in [-0.1, -0.05) is 6.92 Å². The summed E-state index contributed by atoms with van der Waals surface area (Å²) in [5, 5.41) is 5.58. The SMILES string of the molecule is CCCN(C(=O)Nc1ccc(F)cc1F)C1CNC1. The lowest BCUT2D eigenvalue weighted by molar-refractivity contribution is 0.161. The first kappa shape index (κ1) is 13.7. The highest BCUT2D eigenvalue weighted by molar-refractivity contribution is 5.89. The highest BCUT2D eigenvalue weighted by atomic mass is 19.1. The minimum atomic E-state index is -0.767. The van der Waals surface area contributed by atoms with Crippen molar-refractivity contribution in [3.8, 4) is 0 Å². The average molecular weight is 269 g/mol. The summed E-state index contributed by atoms with van der Waals surface area (Å²) in [4.78, 5) is 13.8. The highest BCUT2D eigenvalue weighted by Crippen LogP contribution is 2.16. The minimum absolute atomic E-state index is 0.000198. The molecule has 104 valence electrons. The molecule has 0 aliphatic carbocycles. The molecular formula is C13H17F2N3O. The maximum absolute atomic E-state index is 13.5. The first-order chi connectivity index (χ1) is 9.11. The third-order valence-corrected chi connectivity index (χ3v) is 3.10. The van der Waals surface area contributed by atoms with Gasteiger partial charge in [0, 0.05) is 25.7 Å². The van der Waals surface area contributed by atoms with Crippen LogP contribution in [0.15, 0.2) is 18.2 Å². The largest absolute Gasteiger partial charge is 0.322 e. The van der Waals surface area contributed by atoms with Gasteiger partial charge in [-0.3, -0.25) is 0 Å². The molecule has 4 nitrogen and oxygen atoms in total. The molecule has 1 aromatic rings. The summed E-state index contributed by atoms with van der Waals surface area (Å²) in [7, 11) is 0. The quantitative estimate of drug-likeness (QED) is 0.880. The Labute approximate surface area is 110 Å². The summed E-state index contributed by atoms with van der Waals surface area (Å²) < 4.78 is 26.3. The lowest BCUT2D eigenvalue weighted by Crippen LogP contribution is -2.59. The van der Waals surface area contributed by atoms with Crippen LogP contribution in [0.3, 0.4) is 0 Å². The van der Waals surface area contributed by atoms with Crippen LogP contribution >= 0.6 is 0 Å². The van der Waals surface area contributed by atoms with Crippen LogP contribution in [0.4, 0.5) is 19.3 Å². The van der Waals surface area contributed by atoms with E-state index in [9.17, 15) is 13.6 Å². The van der Waals surface area contributed by atoms with E-state index < -0.39 is 11.6 Å². The number of urea groups is 1. The van der Waals surface area contributed by atoms with Crippen LogP contribution in [0.2, 0.25) is 0 Å². The van der Waals surface area contributed by atoms with Gasteiger partial charge >= 0.3 is 6.03 Å². The topological polar surface area (TPSA) is 44.4 Å². The van der Waals surface area contributed by atoms with E-state index in [4.69, 9.17) is 0 Å². The van der Waals surface area contributed by atoms with E-state index in [2.05, 4.69) is 10.6 Å². The van der Waals surface area contributed by atoms with Crippen molar-refractivity contribution in [2.45, 2.75) is 19.4 Å². The Morgan fingerprint density at radius 2 is 2.21 bits per heavy atom. The van der Waals surface area contributed by atoms with Crippen molar-refractivity contribution in [2.75, 3.05) is 25.0 Å². The van der Waals surface area contributed by atoms with E-state index in [-0.39, 0.29) is 17.8 Å². The van der Waals surface area contributed by atoms with Crippen LogP contribution in [0.5, 0.6) is 0 Å². The first-order valence-corrected chi connectivity index (χ1v) is 6.35. The summed E-state index contributed by atoms with van der Waals surface area (Å²) in [6, 6.07) is 2.90. The Kier molecular flexibility index (Phi) is 4.31. The van der Waals surface area contributed by atoms with E-state index in [1.165, 1.54) is 6.07 Å². The van der Waals surface area contributed by atoms with Crippen molar-refractivity contribution in [1.82, 2.24) is 10.2 Å². The molecule has 2 N–H and O–H groups in total. The van der Waals surface area contributed by atoms with Crippen molar-refractivity contribution in [1.29, 1.82) is 0 Å². The standard InChI is InChI=1S/C13H17F2N3O/c1-2-5-18(10-7-16-8-10)13(19)17-12-4-3-9(14)6-11(12)15/h3-4,6,10,16H,2,5,7-8H2,1H3,(H,17,19). The Balaban J connectivity index is 2.05. The third-order valence-electron chi connectivity index (χ3n) is 3.10. The second-order valence-electron chi connectivity index (χ2n) is 4.56.